The number of aromatic nitrogens is 1. The standard InChI is InChI=1S/C8H11ClN2O/c1-12-8-5-6(9)4-7(11-8)2-3-10/h4-5H,2-3,10H2,1H3. The maximum absolute atomic E-state index is 5.80. The Morgan fingerprint density at radius 1 is 1.58 bits per heavy atom. The second-order valence-electron chi connectivity index (χ2n) is 2.36. The van der Waals surface area contributed by atoms with E-state index in [1.165, 1.54) is 0 Å². The summed E-state index contributed by atoms with van der Waals surface area (Å²) in [5.74, 6) is 0.533. The lowest BCUT2D eigenvalue weighted by Gasteiger charge is -2.02. The summed E-state index contributed by atoms with van der Waals surface area (Å²) in [6, 6.07) is 3.46. The van der Waals surface area contributed by atoms with Crippen LogP contribution in [0.4, 0.5) is 0 Å². The molecule has 1 rings (SSSR count). The van der Waals surface area contributed by atoms with Gasteiger partial charge in [0.25, 0.3) is 0 Å². The van der Waals surface area contributed by atoms with Gasteiger partial charge in [-0.3, -0.25) is 0 Å². The summed E-state index contributed by atoms with van der Waals surface area (Å²) >= 11 is 5.80. The maximum Gasteiger partial charge on any atom is 0.214 e. The van der Waals surface area contributed by atoms with E-state index in [0.29, 0.717) is 17.4 Å². The van der Waals surface area contributed by atoms with Crippen LogP contribution in [0.15, 0.2) is 12.1 Å². The highest BCUT2D eigenvalue weighted by atomic mass is 35.5. The van der Waals surface area contributed by atoms with Crippen LogP contribution >= 0.6 is 11.6 Å². The molecule has 0 aliphatic heterocycles. The van der Waals surface area contributed by atoms with Gasteiger partial charge in [0.2, 0.25) is 5.88 Å². The molecule has 0 aliphatic rings. The van der Waals surface area contributed by atoms with Crippen molar-refractivity contribution in [1.82, 2.24) is 4.98 Å². The first-order chi connectivity index (χ1) is 5.76. The molecule has 0 spiro atoms. The number of nitrogens with zero attached hydrogens (tertiary/aromatic N) is 1. The number of rotatable bonds is 3. The van der Waals surface area contributed by atoms with E-state index in [-0.39, 0.29) is 0 Å². The molecule has 0 fully saturated rings. The molecule has 1 heterocycles. The molecule has 12 heavy (non-hydrogen) atoms. The first-order valence-corrected chi connectivity index (χ1v) is 4.04. The highest BCUT2D eigenvalue weighted by Crippen LogP contribution is 2.16. The van der Waals surface area contributed by atoms with Crippen molar-refractivity contribution < 1.29 is 4.74 Å². The Morgan fingerprint density at radius 2 is 2.33 bits per heavy atom. The third kappa shape index (κ3) is 2.36. The largest absolute Gasteiger partial charge is 0.481 e. The van der Waals surface area contributed by atoms with E-state index < -0.39 is 0 Å². The number of ether oxygens (including phenoxy) is 1. The van der Waals surface area contributed by atoms with Crippen molar-refractivity contribution >= 4 is 11.6 Å². The molecule has 0 aliphatic carbocycles. The molecule has 0 amide bonds. The molecule has 4 heteroatoms. The summed E-state index contributed by atoms with van der Waals surface area (Å²) in [6.07, 6.45) is 0.719. The lowest BCUT2D eigenvalue weighted by Crippen LogP contribution is -2.04. The third-order valence-electron chi connectivity index (χ3n) is 1.43. The molecule has 0 radical (unpaired) electrons. The Balaban J connectivity index is 2.90. The van der Waals surface area contributed by atoms with Crippen LogP contribution < -0.4 is 10.5 Å². The minimum absolute atomic E-state index is 0.533. The monoisotopic (exact) mass is 186 g/mol. The second-order valence-corrected chi connectivity index (χ2v) is 2.79. The third-order valence-corrected chi connectivity index (χ3v) is 1.65. The molecule has 0 atom stereocenters. The fraction of sp³-hybridized carbons (Fsp3) is 0.375. The van der Waals surface area contributed by atoms with Gasteiger partial charge in [0.05, 0.1) is 7.11 Å². The molecule has 0 unspecified atom stereocenters. The molecule has 0 saturated carbocycles. The van der Waals surface area contributed by atoms with Crippen molar-refractivity contribution in [2.75, 3.05) is 13.7 Å². The number of methoxy groups -OCH3 is 1. The van der Waals surface area contributed by atoms with Crippen molar-refractivity contribution in [3.05, 3.63) is 22.8 Å². The van der Waals surface area contributed by atoms with Crippen molar-refractivity contribution in [3.8, 4) is 5.88 Å². The van der Waals surface area contributed by atoms with E-state index in [2.05, 4.69) is 4.98 Å². The van der Waals surface area contributed by atoms with E-state index in [1.807, 2.05) is 0 Å². The average Bonchev–Trinajstić information content (AvgIpc) is 2.04. The van der Waals surface area contributed by atoms with Crippen LogP contribution in [0.1, 0.15) is 5.69 Å². The summed E-state index contributed by atoms with van der Waals surface area (Å²) in [6.45, 7) is 0.566. The molecule has 0 aromatic carbocycles. The first-order valence-electron chi connectivity index (χ1n) is 3.67. The van der Waals surface area contributed by atoms with Crippen molar-refractivity contribution in [3.63, 3.8) is 0 Å². The number of hydrogen-bond acceptors (Lipinski definition) is 3. The van der Waals surface area contributed by atoms with Gasteiger partial charge in [-0.25, -0.2) is 4.98 Å². The topological polar surface area (TPSA) is 48.1 Å². The first kappa shape index (κ1) is 9.29. The minimum atomic E-state index is 0.533. The predicted octanol–water partition coefficient (Wildman–Crippen LogP) is 1.24. The van der Waals surface area contributed by atoms with Crippen LogP contribution in [0.25, 0.3) is 0 Å². The summed E-state index contributed by atoms with van der Waals surface area (Å²) in [7, 11) is 1.56. The average molecular weight is 187 g/mol. The Labute approximate surface area is 76.5 Å². The lowest BCUT2D eigenvalue weighted by molar-refractivity contribution is 0.396. The van der Waals surface area contributed by atoms with Crippen molar-refractivity contribution in [1.29, 1.82) is 0 Å². The fourth-order valence-electron chi connectivity index (χ4n) is 0.905. The number of pyridine rings is 1. The van der Waals surface area contributed by atoms with Crippen LogP contribution in [0, 0.1) is 0 Å². The van der Waals surface area contributed by atoms with Gasteiger partial charge >= 0.3 is 0 Å². The predicted molar refractivity (Wildman–Crippen MR) is 48.6 cm³/mol. The molecule has 1 aromatic rings. The van der Waals surface area contributed by atoms with Gasteiger partial charge in [-0.15, -0.1) is 0 Å². The number of hydrogen-bond donors (Lipinski definition) is 1. The Kier molecular flexibility index (Phi) is 3.31. The van der Waals surface area contributed by atoms with E-state index in [4.69, 9.17) is 22.1 Å². The van der Waals surface area contributed by atoms with Crippen LogP contribution in [0.5, 0.6) is 5.88 Å². The molecule has 0 bridgehead atoms. The molecule has 2 N–H and O–H groups in total. The number of halogens is 1. The van der Waals surface area contributed by atoms with Gasteiger partial charge in [-0.05, 0) is 12.6 Å². The van der Waals surface area contributed by atoms with Gasteiger partial charge < -0.3 is 10.5 Å². The zero-order valence-corrected chi connectivity index (χ0v) is 7.64. The molecular weight excluding hydrogens is 176 g/mol. The quantitative estimate of drug-likeness (QED) is 0.773. The van der Waals surface area contributed by atoms with Crippen LogP contribution in [0.2, 0.25) is 5.02 Å². The highest BCUT2D eigenvalue weighted by Gasteiger charge is 1.99. The Bertz CT molecular complexity index is 265. The van der Waals surface area contributed by atoms with Gasteiger partial charge in [0.1, 0.15) is 0 Å². The van der Waals surface area contributed by atoms with Gasteiger partial charge in [-0.2, -0.15) is 0 Å². The summed E-state index contributed by atoms with van der Waals surface area (Å²) in [5.41, 5.74) is 6.24. The Hall–Kier alpha value is -0.800. The molecule has 0 saturated heterocycles. The molecule has 1 aromatic heterocycles. The van der Waals surface area contributed by atoms with Gasteiger partial charge in [0, 0.05) is 23.2 Å². The number of nitrogens with two attached hydrogens (primary N) is 1. The summed E-state index contributed by atoms with van der Waals surface area (Å²) in [4.78, 5) is 4.16. The van der Waals surface area contributed by atoms with Crippen LogP contribution in [-0.4, -0.2) is 18.6 Å². The molecule has 66 valence electrons. The van der Waals surface area contributed by atoms with Gasteiger partial charge in [-0.1, -0.05) is 11.6 Å². The van der Waals surface area contributed by atoms with E-state index in [1.54, 1.807) is 19.2 Å². The van der Waals surface area contributed by atoms with Crippen LogP contribution in [0.3, 0.4) is 0 Å². The normalized spacial score (nSPS) is 9.92. The summed E-state index contributed by atoms with van der Waals surface area (Å²) in [5, 5.41) is 0.630. The fourth-order valence-corrected chi connectivity index (χ4v) is 1.12. The SMILES string of the molecule is COc1cc(Cl)cc(CCN)n1. The van der Waals surface area contributed by atoms with E-state index >= 15 is 0 Å². The van der Waals surface area contributed by atoms with Crippen molar-refractivity contribution in [2.45, 2.75) is 6.42 Å². The molecular formula is C8H11ClN2O. The van der Waals surface area contributed by atoms with E-state index in [9.17, 15) is 0 Å². The highest BCUT2D eigenvalue weighted by molar-refractivity contribution is 6.30. The van der Waals surface area contributed by atoms with E-state index in [0.717, 1.165) is 12.1 Å². The van der Waals surface area contributed by atoms with Crippen LogP contribution in [-0.2, 0) is 6.42 Å². The second kappa shape index (κ2) is 4.28. The van der Waals surface area contributed by atoms with Crippen molar-refractivity contribution in [2.24, 2.45) is 5.73 Å². The van der Waals surface area contributed by atoms with Gasteiger partial charge in [0.15, 0.2) is 0 Å². The summed E-state index contributed by atoms with van der Waals surface area (Å²) < 4.78 is 4.95. The minimum Gasteiger partial charge on any atom is -0.481 e. The Morgan fingerprint density at radius 3 is 2.92 bits per heavy atom. The zero-order valence-electron chi connectivity index (χ0n) is 6.88. The molecule has 3 nitrogen and oxygen atoms in total. The lowest BCUT2D eigenvalue weighted by atomic mass is 10.3. The smallest absolute Gasteiger partial charge is 0.214 e. The zero-order chi connectivity index (χ0) is 8.97. The maximum atomic E-state index is 5.80.